The minimum absolute atomic E-state index is 0.0579. The van der Waals surface area contributed by atoms with Gasteiger partial charge in [0.2, 0.25) is 5.91 Å². The number of ether oxygens (including phenoxy) is 2. The van der Waals surface area contributed by atoms with Crippen molar-refractivity contribution in [3.8, 4) is 5.75 Å². The normalized spacial score (nSPS) is 17.8. The van der Waals surface area contributed by atoms with Crippen LogP contribution in [-0.2, 0) is 16.1 Å². The average molecular weight is 325 g/mol. The SMILES string of the molecule is CCCN1CC(c2ccc(OCc3ccccc3)cc2)OCC1=O. The molecule has 0 aliphatic carbocycles. The third-order valence-electron chi connectivity index (χ3n) is 4.14. The highest BCUT2D eigenvalue weighted by molar-refractivity contribution is 5.78. The van der Waals surface area contributed by atoms with E-state index in [1.54, 1.807) is 0 Å². The molecule has 3 rings (SSSR count). The maximum atomic E-state index is 11.8. The Morgan fingerprint density at radius 2 is 1.88 bits per heavy atom. The van der Waals surface area contributed by atoms with Crippen molar-refractivity contribution in [3.63, 3.8) is 0 Å². The quantitative estimate of drug-likeness (QED) is 0.815. The first kappa shape index (κ1) is 16.5. The lowest BCUT2D eigenvalue weighted by Gasteiger charge is -2.32. The minimum Gasteiger partial charge on any atom is -0.489 e. The smallest absolute Gasteiger partial charge is 0.248 e. The van der Waals surface area contributed by atoms with Crippen molar-refractivity contribution in [2.75, 3.05) is 19.7 Å². The van der Waals surface area contributed by atoms with E-state index in [0.717, 1.165) is 29.8 Å². The van der Waals surface area contributed by atoms with Crippen LogP contribution in [0.15, 0.2) is 54.6 Å². The molecule has 1 fully saturated rings. The second-order valence-electron chi connectivity index (χ2n) is 5.98. The molecule has 0 bridgehead atoms. The Kier molecular flexibility index (Phi) is 5.49. The first-order valence-corrected chi connectivity index (χ1v) is 8.42. The van der Waals surface area contributed by atoms with Crippen molar-refractivity contribution < 1.29 is 14.3 Å². The molecule has 1 saturated heterocycles. The van der Waals surface area contributed by atoms with Crippen LogP contribution in [0.4, 0.5) is 0 Å². The molecular weight excluding hydrogens is 302 g/mol. The van der Waals surface area contributed by atoms with Crippen LogP contribution in [0.3, 0.4) is 0 Å². The highest BCUT2D eigenvalue weighted by Crippen LogP contribution is 2.25. The first-order chi connectivity index (χ1) is 11.8. The number of rotatable bonds is 6. The summed E-state index contributed by atoms with van der Waals surface area (Å²) >= 11 is 0. The van der Waals surface area contributed by atoms with Gasteiger partial charge in [-0.2, -0.15) is 0 Å². The second-order valence-corrected chi connectivity index (χ2v) is 5.98. The van der Waals surface area contributed by atoms with Crippen LogP contribution in [-0.4, -0.2) is 30.5 Å². The molecule has 1 atom stereocenters. The Morgan fingerprint density at radius 3 is 2.58 bits per heavy atom. The van der Waals surface area contributed by atoms with Gasteiger partial charge in [-0.3, -0.25) is 4.79 Å². The summed E-state index contributed by atoms with van der Waals surface area (Å²) < 4.78 is 11.5. The Balaban J connectivity index is 1.59. The van der Waals surface area contributed by atoms with Gasteiger partial charge in [-0.15, -0.1) is 0 Å². The van der Waals surface area contributed by atoms with Crippen molar-refractivity contribution in [2.45, 2.75) is 26.1 Å². The third-order valence-corrected chi connectivity index (χ3v) is 4.14. The fourth-order valence-electron chi connectivity index (χ4n) is 2.82. The van der Waals surface area contributed by atoms with Crippen molar-refractivity contribution in [1.82, 2.24) is 4.90 Å². The highest BCUT2D eigenvalue weighted by Gasteiger charge is 2.26. The molecular formula is C20H23NO3. The van der Waals surface area contributed by atoms with E-state index >= 15 is 0 Å². The monoisotopic (exact) mass is 325 g/mol. The van der Waals surface area contributed by atoms with Gasteiger partial charge in [0.15, 0.2) is 0 Å². The molecule has 0 aromatic heterocycles. The van der Waals surface area contributed by atoms with Gasteiger partial charge in [0.05, 0.1) is 6.54 Å². The maximum Gasteiger partial charge on any atom is 0.248 e. The molecule has 0 N–H and O–H groups in total. The van der Waals surface area contributed by atoms with E-state index in [1.807, 2.05) is 59.5 Å². The summed E-state index contributed by atoms with van der Waals surface area (Å²) in [6, 6.07) is 18.1. The van der Waals surface area contributed by atoms with Gasteiger partial charge in [-0.05, 0) is 29.7 Å². The number of nitrogens with zero attached hydrogens (tertiary/aromatic N) is 1. The lowest BCUT2D eigenvalue weighted by molar-refractivity contribution is -0.149. The van der Waals surface area contributed by atoms with Gasteiger partial charge < -0.3 is 14.4 Å². The molecule has 24 heavy (non-hydrogen) atoms. The fourth-order valence-corrected chi connectivity index (χ4v) is 2.82. The van der Waals surface area contributed by atoms with Gasteiger partial charge in [0.1, 0.15) is 25.1 Å². The third kappa shape index (κ3) is 4.15. The summed E-state index contributed by atoms with van der Waals surface area (Å²) in [4.78, 5) is 13.7. The summed E-state index contributed by atoms with van der Waals surface area (Å²) in [7, 11) is 0. The summed E-state index contributed by atoms with van der Waals surface area (Å²) in [6.45, 7) is 4.21. The number of benzene rings is 2. The van der Waals surface area contributed by atoms with Crippen LogP contribution in [0.2, 0.25) is 0 Å². The molecule has 0 saturated carbocycles. The van der Waals surface area contributed by atoms with E-state index in [2.05, 4.69) is 6.92 Å². The Morgan fingerprint density at radius 1 is 1.12 bits per heavy atom. The summed E-state index contributed by atoms with van der Waals surface area (Å²) in [5.74, 6) is 0.913. The number of hydrogen-bond donors (Lipinski definition) is 0. The van der Waals surface area contributed by atoms with E-state index in [4.69, 9.17) is 9.47 Å². The summed E-state index contributed by atoms with van der Waals surface area (Å²) in [5, 5.41) is 0. The van der Waals surface area contributed by atoms with E-state index in [1.165, 1.54) is 0 Å². The number of carbonyl (C=O) groups is 1. The standard InChI is InChI=1S/C20H23NO3/c1-2-12-21-13-19(24-15-20(21)22)17-8-10-18(11-9-17)23-14-16-6-4-3-5-7-16/h3-11,19H,2,12-15H2,1H3. The Bertz CT molecular complexity index is 654. The van der Waals surface area contributed by atoms with E-state index in [0.29, 0.717) is 13.2 Å². The van der Waals surface area contributed by atoms with E-state index < -0.39 is 0 Å². The van der Waals surface area contributed by atoms with Gasteiger partial charge in [-0.1, -0.05) is 49.4 Å². The van der Waals surface area contributed by atoms with Crippen molar-refractivity contribution >= 4 is 5.91 Å². The summed E-state index contributed by atoms with van der Waals surface area (Å²) in [6.07, 6.45) is 0.905. The second kappa shape index (κ2) is 7.97. The number of amides is 1. The molecule has 1 unspecified atom stereocenters. The average Bonchev–Trinajstić information content (AvgIpc) is 2.63. The molecule has 4 heteroatoms. The molecule has 0 spiro atoms. The zero-order chi connectivity index (χ0) is 16.8. The maximum absolute atomic E-state index is 11.8. The lowest BCUT2D eigenvalue weighted by atomic mass is 10.1. The zero-order valence-electron chi connectivity index (χ0n) is 14.0. The molecule has 2 aromatic carbocycles. The van der Waals surface area contributed by atoms with Gasteiger partial charge >= 0.3 is 0 Å². The van der Waals surface area contributed by atoms with Gasteiger partial charge in [0, 0.05) is 6.54 Å². The predicted molar refractivity (Wildman–Crippen MR) is 92.8 cm³/mol. The first-order valence-electron chi connectivity index (χ1n) is 8.42. The number of carbonyl (C=O) groups excluding carboxylic acids is 1. The highest BCUT2D eigenvalue weighted by atomic mass is 16.5. The van der Waals surface area contributed by atoms with Crippen LogP contribution in [0, 0.1) is 0 Å². The van der Waals surface area contributed by atoms with Crippen molar-refractivity contribution in [2.24, 2.45) is 0 Å². The van der Waals surface area contributed by atoms with Crippen LogP contribution in [0.5, 0.6) is 5.75 Å². The predicted octanol–water partition coefficient (Wildman–Crippen LogP) is 3.58. The largest absolute Gasteiger partial charge is 0.489 e. The molecule has 1 amide bonds. The summed E-state index contributed by atoms with van der Waals surface area (Å²) in [5.41, 5.74) is 2.22. The lowest BCUT2D eigenvalue weighted by Crippen LogP contribution is -2.43. The Labute approximate surface area is 143 Å². The van der Waals surface area contributed by atoms with Crippen LogP contribution < -0.4 is 4.74 Å². The molecule has 1 aliphatic heterocycles. The van der Waals surface area contributed by atoms with E-state index in [-0.39, 0.29) is 18.6 Å². The number of hydrogen-bond acceptors (Lipinski definition) is 3. The van der Waals surface area contributed by atoms with Crippen LogP contribution in [0.1, 0.15) is 30.6 Å². The Hall–Kier alpha value is -2.33. The topological polar surface area (TPSA) is 38.8 Å². The fraction of sp³-hybridized carbons (Fsp3) is 0.350. The van der Waals surface area contributed by atoms with Crippen molar-refractivity contribution in [3.05, 3.63) is 65.7 Å². The number of morpholine rings is 1. The molecule has 2 aromatic rings. The van der Waals surface area contributed by atoms with Gasteiger partial charge in [-0.25, -0.2) is 0 Å². The molecule has 1 heterocycles. The van der Waals surface area contributed by atoms with Crippen LogP contribution >= 0.6 is 0 Å². The van der Waals surface area contributed by atoms with Gasteiger partial charge in [0.25, 0.3) is 0 Å². The molecule has 126 valence electrons. The minimum atomic E-state index is -0.0579. The zero-order valence-corrected chi connectivity index (χ0v) is 14.0. The molecule has 0 radical (unpaired) electrons. The van der Waals surface area contributed by atoms with E-state index in [9.17, 15) is 4.79 Å². The molecule has 4 nitrogen and oxygen atoms in total. The van der Waals surface area contributed by atoms with Crippen molar-refractivity contribution in [1.29, 1.82) is 0 Å². The molecule has 1 aliphatic rings. The van der Waals surface area contributed by atoms with Crippen LogP contribution in [0.25, 0.3) is 0 Å².